The van der Waals surface area contributed by atoms with Crippen molar-refractivity contribution in [2.75, 3.05) is 20.2 Å². The Bertz CT molecular complexity index is 785. The van der Waals surface area contributed by atoms with Crippen LogP contribution in [-0.4, -0.2) is 37.0 Å². The van der Waals surface area contributed by atoms with E-state index in [2.05, 4.69) is 40.5 Å². The van der Waals surface area contributed by atoms with Crippen LogP contribution in [0.3, 0.4) is 0 Å². The Hall–Kier alpha value is -2.07. The van der Waals surface area contributed by atoms with Gasteiger partial charge in [-0.2, -0.15) is 0 Å². The third-order valence-corrected chi connectivity index (χ3v) is 5.77. The third kappa shape index (κ3) is 3.85. The van der Waals surface area contributed by atoms with E-state index in [0.29, 0.717) is 18.4 Å². The minimum Gasteiger partial charge on any atom is -0.496 e. The monoisotopic (exact) mass is 352 g/mol. The highest BCUT2D eigenvalue weighted by Crippen LogP contribution is 2.31. The molecule has 0 bridgehead atoms. The molecule has 1 saturated heterocycles. The molecule has 1 aliphatic carbocycles. The molecule has 2 fully saturated rings. The van der Waals surface area contributed by atoms with Gasteiger partial charge in [-0.15, -0.1) is 0 Å². The molecule has 0 aromatic heterocycles. The highest BCUT2D eigenvalue weighted by Gasteiger charge is 2.29. The minimum absolute atomic E-state index is 0.337. The van der Waals surface area contributed by atoms with E-state index in [1.165, 1.54) is 29.2 Å². The number of nitrogens with zero attached hydrogens (tertiary/aromatic N) is 1. The molecular weight excluding hydrogens is 324 g/mol. The molecule has 1 saturated carbocycles. The summed E-state index contributed by atoms with van der Waals surface area (Å²) in [6.07, 6.45) is 5.22. The molecule has 0 spiro atoms. The summed E-state index contributed by atoms with van der Waals surface area (Å²) in [6.45, 7) is 2.63. The summed E-state index contributed by atoms with van der Waals surface area (Å²) in [6, 6.07) is 13.0. The van der Waals surface area contributed by atoms with E-state index in [4.69, 9.17) is 4.74 Å². The van der Waals surface area contributed by atoms with Crippen LogP contribution in [-0.2, 0) is 11.3 Å². The summed E-state index contributed by atoms with van der Waals surface area (Å²) in [7, 11) is 1.73. The number of hydrogen-bond donors (Lipinski definition) is 1. The van der Waals surface area contributed by atoms with Crippen LogP contribution >= 0.6 is 0 Å². The summed E-state index contributed by atoms with van der Waals surface area (Å²) in [5.41, 5.74) is 1.20. The molecule has 4 heteroatoms. The number of carbonyl (C=O) groups is 1. The van der Waals surface area contributed by atoms with Gasteiger partial charge in [-0.3, -0.25) is 4.79 Å². The van der Waals surface area contributed by atoms with E-state index >= 15 is 0 Å². The first kappa shape index (κ1) is 17.3. The number of benzene rings is 2. The van der Waals surface area contributed by atoms with E-state index in [9.17, 15) is 4.79 Å². The van der Waals surface area contributed by atoms with Crippen LogP contribution in [0.4, 0.5) is 0 Å². The van der Waals surface area contributed by atoms with Gasteiger partial charge in [-0.25, -0.2) is 0 Å². The Morgan fingerprint density at radius 2 is 1.96 bits per heavy atom. The van der Waals surface area contributed by atoms with Gasteiger partial charge in [0.2, 0.25) is 5.91 Å². The zero-order valence-corrected chi connectivity index (χ0v) is 15.5. The van der Waals surface area contributed by atoms with Gasteiger partial charge in [0, 0.05) is 37.7 Å². The van der Waals surface area contributed by atoms with Crippen molar-refractivity contribution in [3.05, 3.63) is 42.0 Å². The predicted octanol–water partition coefficient (Wildman–Crippen LogP) is 3.73. The van der Waals surface area contributed by atoms with Gasteiger partial charge < -0.3 is 15.0 Å². The maximum Gasteiger partial charge on any atom is 0.222 e. The standard InChI is InChI=1S/C22H28N2O2/c1-26-21-10-8-17-4-2-3-5-19(17)20(21)14-23-18-9-11-22(25)24(13-12-18)15-16-6-7-16/h2-5,8,10,16,18,23H,6-7,9,11-15H2,1H3. The van der Waals surface area contributed by atoms with Gasteiger partial charge in [0.25, 0.3) is 0 Å². The van der Waals surface area contributed by atoms with Crippen LogP contribution in [0.5, 0.6) is 5.75 Å². The maximum absolute atomic E-state index is 12.4. The van der Waals surface area contributed by atoms with Gasteiger partial charge >= 0.3 is 0 Å². The zero-order chi connectivity index (χ0) is 17.9. The Morgan fingerprint density at radius 3 is 2.77 bits per heavy atom. The van der Waals surface area contributed by atoms with Crippen molar-refractivity contribution in [1.29, 1.82) is 0 Å². The predicted molar refractivity (Wildman–Crippen MR) is 104 cm³/mol. The number of carbonyl (C=O) groups excluding carboxylic acids is 1. The van der Waals surface area contributed by atoms with E-state index in [-0.39, 0.29) is 0 Å². The van der Waals surface area contributed by atoms with Crippen LogP contribution in [0.2, 0.25) is 0 Å². The molecule has 138 valence electrons. The zero-order valence-electron chi connectivity index (χ0n) is 15.5. The highest BCUT2D eigenvalue weighted by molar-refractivity contribution is 5.87. The van der Waals surface area contributed by atoms with Crippen LogP contribution in [0.1, 0.15) is 37.7 Å². The Balaban J connectivity index is 1.44. The summed E-state index contributed by atoms with van der Waals surface area (Å²) in [5, 5.41) is 6.16. The molecule has 1 aliphatic heterocycles. The van der Waals surface area contributed by atoms with Crippen molar-refractivity contribution in [3.8, 4) is 5.75 Å². The Morgan fingerprint density at radius 1 is 1.12 bits per heavy atom. The number of likely N-dealkylation sites (tertiary alicyclic amines) is 1. The van der Waals surface area contributed by atoms with Gasteiger partial charge in [-0.1, -0.05) is 30.3 Å². The molecule has 2 aromatic rings. The first-order chi connectivity index (χ1) is 12.7. The normalized spacial score (nSPS) is 21.0. The van der Waals surface area contributed by atoms with Crippen molar-refractivity contribution in [2.45, 2.75) is 44.7 Å². The van der Waals surface area contributed by atoms with Crippen molar-refractivity contribution < 1.29 is 9.53 Å². The summed E-state index contributed by atoms with van der Waals surface area (Å²) in [4.78, 5) is 14.4. The SMILES string of the molecule is COc1ccc2ccccc2c1CNC1CCC(=O)N(CC2CC2)CC1. The molecule has 2 aromatic carbocycles. The lowest BCUT2D eigenvalue weighted by atomic mass is 10.0. The fourth-order valence-electron chi connectivity index (χ4n) is 3.98. The van der Waals surface area contributed by atoms with E-state index in [0.717, 1.165) is 44.1 Å². The molecule has 1 N–H and O–H groups in total. The Kier molecular flexibility index (Phi) is 5.11. The second-order valence-electron chi connectivity index (χ2n) is 7.66. The number of methoxy groups -OCH3 is 1. The van der Waals surface area contributed by atoms with Crippen molar-refractivity contribution >= 4 is 16.7 Å². The molecule has 1 amide bonds. The average Bonchev–Trinajstić information content (AvgIpc) is 3.50. The lowest BCUT2D eigenvalue weighted by Crippen LogP contribution is -2.33. The highest BCUT2D eigenvalue weighted by atomic mass is 16.5. The number of amides is 1. The second-order valence-corrected chi connectivity index (χ2v) is 7.66. The molecule has 26 heavy (non-hydrogen) atoms. The lowest BCUT2D eigenvalue weighted by Gasteiger charge is -2.21. The quantitative estimate of drug-likeness (QED) is 0.861. The molecule has 1 atom stereocenters. The number of rotatable bonds is 6. The van der Waals surface area contributed by atoms with Crippen molar-refractivity contribution in [3.63, 3.8) is 0 Å². The molecule has 2 aliphatic rings. The molecule has 0 radical (unpaired) electrons. The molecule has 1 unspecified atom stereocenters. The number of ether oxygens (including phenoxy) is 1. The number of hydrogen-bond acceptors (Lipinski definition) is 3. The van der Waals surface area contributed by atoms with Crippen LogP contribution < -0.4 is 10.1 Å². The van der Waals surface area contributed by atoms with E-state index < -0.39 is 0 Å². The number of fused-ring (bicyclic) bond motifs is 1. The van der Waals surface area contributed by atoms with Crippen LogP contribution in [0, 0.1) is 5.92 Å². The molecular formula is C22H28N2O2. The fourth-order valence-corrected chi connectivity index (χ4v) is 3.98. The minimum atomic E-state index is 0.337. The molecule has 1 heterocycles. The second kappa shape index (κ2) is 7.67. The van der Waals surface area contributed by atoms with Gasteiger partial charge in [-0.05, 0) is 48.4 Å². The number of nitrogens with one attached hydrogen (secondary N) is 1. The first-order valence-corrected chi connectivity index (χ1v) is 9.80. The largest absolute Gasteiger partial charge is 0.496 e. The van der Waals surface area contributed by atoms with Gasteiger partial charge in [0.1, 0.15) is 5.75 Å². The summed E-state index contributed by atoms with van der Waals surface area (Å²) in [5.74, 6) is 2.03. The Labute approximate surface area is 155 Å². The summed E-state index contributed by atoms with van der Waals surface area (Å²) < 4.78 is 5.60. The van der Waals surface area contributed by atoms with E-state index in [1.54, 1.807) is 7.11 Å². The lowest BCUT2D eigenvalue weighted by molar-refractivity contribution is -0.130. The molecule has 4 nitrogen and oxygen atoms in total. The van der Waals surface area contributed by atoms with E-state index in [1.807, 2.05) is 6.07 Å². The molecule has 4 rings (SSSR count). The maximum atomic E-state index is 12.4. The van der Waals surface area contributed by atoms with Crippen LogP contribution in [0.15, 0.2) is 36.4 Å². The fraction of sp³-hybridized carbons (Fsp3) is 0.500. The van der Waals surface area contributed by atoms with Gasteiger partial charge in [0.05, 0.1) is 7.11 Å². The first-order valence-electron chi connectivity index (χ1n) is 9.80. The van der Waals surface area contributed by atoms with Crippen molar-refractivity contribution in [2.24, 2.45) is 5.92 Å². The average molecular weight is 352 g/mol. The summed E-state index contributed by atoms with van der Waals surface area (Å²) >= 11 is 0. The van der Waals surface area contributed by atoms with Crippen molar-refractivity contribution in [1.82, 2.24) is 10.2 Å². The van der Waals surface area contributed by atoms with Gasteiger partial charge in [0.15, 0.2) is 0 Å². The topological polar surface area (TPSA) is 41.6 Å². The van der Waals surface area contributed by atoms with Crippen LogP contribution in [0.25, 0.3) is 10.8 Å². The smallest absolute Gasteiger partial charge is 0.222 e. The third-order valence-electron chi connectivity index (χ3n) is 5.77.